The minimum atomic E-state index is -3.82. The molecule has 2 aromatic rings. The van der Waals surface area contributed by atoms with E-state index in [0.29, 0.717) is 10.2 Å². The van der Waals surface area contributed by atoms with Crippen LogP contribution in [-0.4, -0.2) is 31.8 Å². The summed E-state index contributed by atoms with van der Waals surface area (Å²) in [5.41, 5.74) is 5.92. The number of anilines is 1. The molecule has 0 atom stereocenters. The van der Waals surface area contributed by atoms with Gasteiger partial charge in [-0.2, -0.15) is 4.31 Å². The van der Waals surface area contributed by atoms with E-state index in [0.717, 1.165) is 4.31 Å². The zero-order valence-corrected chi connectivity index (χ0v) is 15.4. The van der Waals surface area contributed by atoms with E-state index < -0.39 is 21.7 Å². The number of hydrogen-bond donors (Lipinski definition) is 1. The highest BCUT2D eigenvalue weighted by Crippen LogP contribution is 2.34. The molecule has 132 valence electrons. The van der Waals surface area contributed by atoms with Crippen LogP contribution >= 0.6 is 15.9 Å². The summed E-state index contributed by atoms with van der Waals surface area (Å²) in [5, 5.41) is 0. The van der Waals surface area contributed by atoms with Crippen molar-refractivity contribution in [2.45, 2.75) is 11.4 Å². The van der Waals surface area contributed by atoms with Gasteiger partial charge in [-0.15, -0.1) is 0 Å². The fourth-order valence-electron chi connectivity index (χ4n) is 2.72. The number of sulfonamides is 1. The lowest BCUT2D eigenvalue weighted by Gasteiger charge is -2.37. The molecule has 1 aliphatic rings. The fourth-order valence-corrected chi connectivity index (χ4v) is 4.64. The average molecular weight is 428 g/mol. The molecule has 0 bridgehead atoms. The summed E-state index contributed by atoms with van der Waals surface area (Å²) < 4.78 is 41.6. The standard InChI is InChI=1S/C16H15BrFN3O3S/c17-12-6-5-11(13(18)7-12)8-21-10-20(9-16(19)22)14-3-1-2-4-15(14)25(21,23)24/h1-7H,8-10H2,(H2,19,22). The molecule has 25 heavy (non-hydrogen) atoms. The van der Waals surface area contributed by atoms with E-state index in [2.05, 4.69) is 15.9 Å². The van der Waals surface area contributed by atoms with Crippen LogP contribution in [-0.2, 0) is 21.4 Å². The van der Waals surface area contributed by atoms with E-state index in [1.54, 1.807) is 29.2 Å². The van der Waals surface area contributed by atoms with Gasteiger partial charge in [-0.05, 0) is 24.3 Å². The average Bonchev–Trinajstić information content (AvgIpc) is 2.54. The number of halogens is 2. The molecule has 0 aromatic heterocycles. The Balaban J connectivity index is 2.01. The van der Waals surface area contributed by atoms with Gasteiger partial charge in [-0.25, -0.2) is 12.8 Å². The number of carbonyl (C=O) groups is 1. The Hall–Kier alpha value is -1.97. The predicted molar refractivity (Wildman–Crippen MR) is 94.7 cm³/mol. The number of nitrogens with zero attached hydrogens (tertiary/aromatic N) is 2. The number of primary amides is 1. The molecule has 6 nitrogen and oxygen atoms in total. The Morgan fingerprint density at radius 3 is 2.64 bits per heavy atom. The van der Waals surface area contributed by atoms with Crippen LogP contribution in [0.25, 0.3) is 0 Å². The van der Waals surface area contributed by atoms with Gasteiger partial charge in [0, 0.05) is 16.6 Å². The number of hydrogen-bond acceptors (Lipinski definition) is 4. The van der Waals surface area contributed by atoms with Crippen molar-refractivity contribution in [3.8, 4) is 0 Å². The first-order valence-corrected chi connectivity index (χ1v) is 9.58. The number of benzene rings is 2. The first-order valence-electron chi connectivity index (χ1n) is 7.35. The summed E-state index contributed by atoms with van der Waals surface area (Å²) in [7, 11) is -3.82. The van der Waals surface area contributed by atoms with Crippen molar-refractivity contribution >= 4 is 37.5 Å². The maximum atomic E-state index is 14.1. The van der Waals surface area contributed by atoms with Gasteiger partial charge in [-0.1, -0.05) is 34.1 Å². The minimum Gasteiger partial charge on any atom is -0.368 e. The van der Waals surface area contributed by atoms with Crippen molar-refractivity contribution in [2.75, 3.05) is 18.1 Å². The van der Waals surface area contributed by atoms with E-state index in [-0.39, 0.29) is 30.2 Å². The van der Waals surface area contributed by atoms with Gasteiger partial charge < -0.3 is 10.6 Å². The summed E-state index contributed by atoms with van der Waals surface area (Å²) in [6, 6.07) is 10.8. The van der Waals surface area contributed by atoms with Crippen molar-refractivity contribution in [1.82, 2.24) is 4.31 Å². The van der Waals surface area contributed by atoms with Crippen molar-refractivity contribution < 1.29 is 17.6 Å². The topological polar surface area (TPSA) is 83.7 Å². The summed E-state index contributed by atoms with van der Waals surface area (Å²) >= 11 is 3.17. The molecule has 9 heteroatoms. The van der Waals surface area contributed by atoms with E-state index in [1.165, 1.54) is 18.2 Å². The first-order chi connectivity index (χ1) is 11.8. The van der Waals surface area contributed by atoms with Crippen LogP contribution in [0.4, 0.5) is 10.1 Å². The normalized spacial score (nSPS) is 16.5. The molecule has 2 N–H and O–H groups in total. The third-order valence-electron chi connectivity index (χ3n) is 3.86. The number of fused-ring (bicyclic) bond motifs is 1. The largest absolute Gasteiger partial charge is 0.368 e. The van der Waals surface area contributed by atoms with Crippen LogP contribution in [0.3, 0.4) is 0 Å². The SMILES string of the molecule is NC(=O)CN1CN(Cc2ccc(Br)cc2F)S(=O)(=O)c2ccccc21. The number of nitrogens with two attached hydrogens (primary N) is 1. The number of amides is 1. The Kier molecular flexibility index (Phi) is 4.81. The second-order valence-corrected chi connectivity index (χ2v) is 8.45. The second-order valence-electron chi connectivity index (χ2n) is 5.62. The van der Waals surface area contributed by atoms with Crippen LogP contribution in [0.5, 0.6) is 0 Å². The highest BCUT2D eigenvalue weighted by atomic mass is 79.9. The van der Waals surface area contributed by atoms with Gasteiger partial charge in [0.15, 0.2) is 0 Å². The third-order valence-corrected chi connectivity index (χ3v) is 6.18. The Morgan fingerprint density at radius 2 is 1.96 bits per heavy atom. The van der Waals surface area contributed by atoms with Gasteiger partial charge in [0.25, 0.3) is 0 Å². The van der Waals surface area contributed by atoms with Gasteiger partial charge >= 0.3 is 0 Å². The van der Waals surface area contributed by atoms with Crippen LogP contribution < -0.4 is 10.6 Å². The lowest BCUT2D eigenvalue weighted by atomic mass is 10.2. The van der Waals surface area contributed by atoms with Gasteiger partial charge in [0.2, 0.25) is 15.9 Å². The fraction of sp³-hybridized carbons (Fsp3) is 0.188. The molecule has 0 saturated carbocycles. The Labute approximate surface area is 153 Å². The van der Waals surface area contributed by atoms with Crippen LogP contribution in [0.2, 0.25) is 0 Å². The lowest BCUT2D eigenvalue weighted by molar-refractivity contribution is -0.116. The highest BCUT2D eigenvalue weighted by Gasteiger charge is 2.35. The molecule has 2 aromatic carbocycles. The van der Waals surface area contributed by atoms with Crippen molar-refractivity contribution in [3.63, 3.8) is 0 Å². The minimum absolute atomic E-state index is 0.0695. The molecule has 0 spiro atoms. The van der Waals surface area contributed by atoms with Crippen molar-refractivity contribution in [1.29, 1.82) is 0 Å². The molecule has 3 rings (SSSR count). The molecule has 1 heterocycles. The molecule has 0 fully saturated rings. The summed E-state index contributed by atoms with van der Waals surface area (Å²) in [6.45, 7) is -0.366. The monoisotopic (exact) mass is 427 g/mol. The summed E-state index contributed by atoms with van der Waals surface area (Å²) in [4.78, 5) is 13.0. The molecular weight excluding hydrogens is 413 g/mol. The maximum Gasteiger partial charge on any atom is 0.246 e. The van der Waals surface area contributed by atoms with E-state index >= 15 is 0 Å². The second kappa shape index (κ2) is 6.74. The van der Waals surface area contributed by atoms with E-state index in [9.17, 15) is 17.6 Å². The number of carbonyl (C=O) groups excluding carboxylic acids is 1. The molecule has 0 aliphatic carbocycles. The number of para-hydroxylation sites is 1. The van der Waals surface area contributed by atoms with Gasteiger partial charge in [0.05, 0.1) is 18.9 Å². The molecular formula is C16H15BrFN3O3S. The molecule has 0 unspecified atom stereocenters. The summed E-state index contributed by atoms with van der Waals surface area (Å²) in [6.07, 6.45) is 0. The highest BCUT2D eigenvalue weighted by molar-refractivity contribution is 9.10. The van der Waals surface area contributed by atoms with E-state index in [1.807, 2.05) is 0 Å². The first kappa shape index (κ1) is 17.8. The maximum absolute atomic E-state index is 14.1. The van der Waals surface area contributed by atoms with Gasteiger partial charge in [-0.3, -0.25) is 4.79 Å². The molecule has 0 radical (unpaired) electrons. The Bertz CT molecular complexity index is 936. The smallest absolute Gasteiger partial charge is 0.246 e. The molecule has 1 amide bonds. The zero-order valence-electron chi connectivity index (χ0n) is 13.0. The van der Waals surface area contributed by atoms with Crippen LogP contribution in [0.1, 0.15) is 5.56 Å². The zero-order chi connectivity index (χ0) is 18.2. The van der Waals surface area contributed by atoms with Crippen molar-refractivity contribution in [2.24, 2.45) is 5.73 Å². The van der Waals surface area contributed by atoms with Crippen molar-refractivity contribution in [3.05, 3.63) is 58.3 Å². The van der Waals surface area contributed by atoms with E-state index in [4.69, 9.17) is 5.73 Å². The lowest BCUT2D eigenvalue weighted by Crippen LogP contribution is -2.48. The third kappa shape index (κ3) is 3.53. The number of rotatable bonds is 4. The van der Waals surface area contributed by atoms with Crippen LogP contribution in [0.15, 0.2) is 51.8 Å². The molecule has 1 aliphatic heterocycles. The summed E-state index contributed by atoms with van der Waals surface area (Å²) in [5.74, 6) is -1.09. The predicted octanol–water partition coefficient (Wildman–Crippen LogP) is 2.04. The Morgan fingerprint density at radius 1 is 1.24 bits per heavy atom. The quantitative estimate of drug-likeness (QED) is 0.808. The van der Waals surface area contributed by atoms with Gasteiger partial charge in [0.1, 0.15) is 10.7 Å². The van der Waals surface area contributed by atoms with Crippen LogP contribution in [0, 0.1) is 5.82 Å². The molecule has 0 saturated heterocycles.